The maximum absolute atomic E-state index is 10.9. The Hall–Kier alpha value is -0.570. The number of carbonyl (C=O) groups is 1. The Morgan fingerprint density at radius 2 is 2.12 bits per heavy atom. The van der Waals surface area contributed by atoms with Crippen molar-refractivity contribution in [3.63, 3.8) is 0 Å². The van der Waals surface area contributed by atoms with Gasteiger partial charge in [0.1, 0.15) is 12.2 Å². The molecule has 1 saturated carbocycles. The first-order valence-electron chi connectivity index (χ1n) is 6.21. The largest absolute Gasteiger partial charge is 0.463 e. The Morgan fingerprint density at radius 3 is 2.62 bits per heavy atom. The van der Waals surface area contributed by atoms with E-state index in [-0.39, 0.29) is 18.5 Å². The molecule has 1 aliphatic carbocycles. The van der Waals surface area contributed by atoms with Gasteiger partial charge in [0.15, 0.2) is 0 Å². The third-order valence-corrected chi connectivity index (χ3v) is 3.69. The van der Waals surface area contributed by atoms with Gasteiger partial charge in [0.05, 0.1) is 0 Å². The first-order chi connectivity index (χ1) is 7.35. The SMILES string of the molecule is CC(=O)OC[C@]1(O)C[C@H](C)CC[C@H]1C(C)C. The minimum atomic E-state index is -0.822. The van der Waals surface area contributed by atoms with Crippen molar-refractivity contribution in [1.29, 1.82) is 0 Å². The summed E-state index contributed by atoms with van der Waals surface area (Å²) in [5.74, 6) is 0.862. The molecule has 0 spiro atoms. The molecule has 1 N–H and O–H groups in total. The standard InChI is InChI=1S/C13H24O3/c1-9(2)12-6-5-10(3)7-13(12,15)8-16-11(4)14/h9-10,12,15H,5-8H2,1-4H3/t10-,12+,13-/m1/s1. The zero-order chi connectivity index (χ0) is 12.3. The molecule has 0 amide bonds. The zero-order valence-electron chi connectivity index (χ0n) is 10.8. The highest BCUT2D eigenvalue weighted by Gasteiger charge is 2.43. The summed E-state index contributed by atoms with van der Waals surface area (Å²) >= 11 is 0. The Morgan fingerprint density at radius 1 is 1.50 bits per heavy atom. The molecule has 3 atom stereocenters. The molecule has 0 aromatic carbocycles. The van der Waals surface area contributed by atoms with Gasteiger partial charge in [-0.25, -0.2) is 0 Å². The van der Waals surface area contributed by atoms with Crippen molar-refractivity contribution >= 4 is 5.97 Å². The molecule has 1 rings (SSSR count). The van der Waals surface area contributed by atoms with Gasteiger partial charge < -0.3 is 9.84 Å². The minimum absolute atomic E-state index is 0.148. The van der Waals surface area contributed by atoms with Gasteiger partial charge in [-0.15, -0.1) is 0 Å². The number of hydrogen-bond acceptors (Lipinski definition) is 3. The van der Waals surface area contributed by atoms with E-state index in [9.17, 15) is 9.90 Å². The maximum Gasteiger partial charge on any atom is 0.302 e. The lowest BCUT2D eigenvalue weighted by atomic mass is 9.67. The number of hydrogen-bond donors (Lipinski definition) is 1. The molecule has 0 aromatic heterocycles. The molecule has 0 heterocycles. The second-order valence-electron chi connectivity index (χ2n) is 5.62. The van der Waals surface area contributed by atoms with Crippen LogP contribution in [0.25, 0.3) is 0 Å². The highest BCUT2D eigenvalue weighted by Crippen LogP contribution is 2.41. The molecule has 3 nitrogen and oxygen atoms in total. The highest BCUT2D eigenvalue weighted by atomic mass is 16.5. The van der Waals surface area contributed by atoms with Crippen molar-refractivity contribution in [1.82, 2.24) is 0 Å². The van der Waals surface area contributed by atoms with Gasteiger partial charge in [-0.1, -0.05) is 27.2 Å². The highest BCUT2D eigenvalue weighted by molar-refractivity contribution is 5.65. The van der Waals surface area contributed by atoms with E-state index in [0.29, 0.717) is 11.8 Å². The van der Waals surface area contributed by atoms with Gasteiger partial charge in [0, 0.05) is 6.92 Å². The molecule has 94 valence electrons. The number of carbonyl (C=O) groups excluding carboxylic acids is 1. The van der Waals surface area contributed by atoms with Crippen molar-refractivity contribution in [3.8, 4) is 0 Å². The molecule has 0 aliphatic heterocycles. The Kier molecular flexibility index (Phi) is 4.36. The van der Waals surface area contributed by atoms with Crippen molar-refractivity contribution in [2.75, 3.05) is 6.61 Å². The molecule has 1 fully saturated rings. The fourth-order valence-corrected chi connectivity index (χ4v) is 2.94. The van der Waals surface area contributed by atoms with E-state index in [4.69, 9.17) is 4.74 Å². The minimum Gasteiger partial charge on any atom is -0.463 e. The first kappa shape index (κ1) is 13.5. The average molecular weight is 228 g/mol. The third kappa shape index (κ3) is 3.21. The molecule has 0 bridgehead atoms. The van der Waals surface area contributed by atoms with Crippen LogP contribution in [0.5, 0.6) is 0 Å². The molecule has 0 saturated heterocycles. The number of esters is 1. The molecule has 0 unspecified atom stereocenters. The van der Waals surface area contributed by atoms with E-state index < -0.39 is 5.60 Å². The van der Waals surface area contributed by atoms with Crippen LogP contribution in [-0.4, -0.2) is 23.3 Å². The normalized spacial score (nSPS) is 35.1. The predicted octanol–water partition coefficient (Wildman–Crippen LogP) is 2.37. The smallest absolute Gasteiger partial charge is 0.302 e. The Balaban J connectivity index is 2.71. The number of rotatable bonds is 3. The molecular formula is C13H24O3. The second kappa shape index (κ2) is 5.17. The quantitative estimate of drug-likeness (QED) is 0.754. The van der Waals surface area contributed by atoms with E-state index in [1.807, 2.05) is 0 Å². The molecule has 16 heavy (non-hydrogen) atoms. The van der Waals surface area contributed by atoms with Crippen LogP contribution < -0.4 is 0 Å². The topological polar surface area (TPSA) is 46.5 Å². The summed E-state index contributed by atoms with van der Waals surface area (Å²) in [7, 11) is 0. The van der Waals surface area contributed by atoms with E-state index >= 15 is 0 Å². The van der Waals surface area contributed by atoms with Gasteiger partial charge >= 0.3 is 5.97 Å². The first-order valence-corrected chi connectivity index (χ1v) is 6.21. The molecule has 1 aliphatic rings. The number of ether oxygens (including phenoxy) is 1. The second-order valence-corrected chi connectivity index (χ2v) is 5.62. The Labute approximate surface area is 98.2 Å². The summed E-state index contributed by atoms with van der Waals surface area (Å²) in [6.45, 7) is 7.93. The molecule has 3 heteroatoms. The van der Waals surface area contributed by atoms with Crippen molar-refractivity contribution < 1.29 is 14.6 Å². The summed E-state index contributed by atoms with van der Waals surface area (Å²) in [5.41, 5.74) is -0.822. The van der Waals surface area contributed by atoms with E-state index in [1.54, 1.807) is 0 Å². The zero-order valence-corrected chi connectivity index (χ0v) is 10.8. The maximum atomic E-state index is 10.9. The van der Waals surface area contributed by atoms with Gasteiger partial charge in [-0.05, 0) is 30.6 Å². The van der Waals surface area contributed by atoms with Crippen LogP contribution in [0.2, 0.25) is 0 Å². The van der Waals surface area contributed by atoms with Crippen LogP contribution in [0.3, 0.4) is 0 Å². The van der Waals surface area contributed by atoms with E-state index in [0.717, 1.165) is 19.3 Å². The van der Waals surface area contributed by atoms with Crippen LogP contribution in [0.15, 0.2) is 0 Å². The van der Waals surface area contributed by atoms with Crippen LogP contribution in [0.1, 0.15) is 47.0 Å². The van der Waals surface area contributed by atoms with Crippen LogP contribution >= 0.6 is 0 Å². The van der Waals surface area contributed by atoms with E-state index in [1.165, 1.54) is 6.92 Å². The van der Waals surface area contributed by atoms with Crippen LogP contribution in [0, 0.1) is 17.8 Å². The lowest BCUT2D eigenvalue weighted by Crippen LogP contribution is -2.49. The summed E-state index contributed by atoms with van der Waals surface area (Å²) < 4.78 is 5.02. The van der Waals surface area contributed by atoms with Crippen LogP contribution in [0.4, 0.5) is 0 Å². The summed E-state index contributed by atoms with van der Waals surface area (Å²) in [6, 6.07) is 0. The third-order valence-electron chi connectivity index (χ3n) is 3.69. The monoisotopic (exact) mass is 228 g/mol. The molecule has 0 aromatic rings. The summed E-state index contributed by atoms with van der Waals surface area (Å²) in [4.78, 5) is 10.9. The molecule has 0 radical (unpaired) electrons. The average Bonchev–Trinajstić information content (AvgIpc) is 2.14. The molecular weight excluding hydrogens is 204 g/mol. The van der Waals surface area contributed by atoms with Gasteiger partial charge in [-0.2, -0.15) is 0 Å². The predicted molar refractivity (Wildman–Crippen MR) is 62.9 cm³/mol. The van der Waals surface area contributed by atoms with Gasteiger partial charge in [0.2, 0.25) is 0 Å². The van der Waals surface area contributed by atoms with Crippen molar-refractivity contribution in [2.24, 2.45) is 17.8 Å². The summed E-state index contributed by atoms with van der Waals surface area (Å²) in [5, 5.41) is 10.6. The van der Waals surface area contributed by atoms with E-state index in [2.05, 4.69) is 20.8 Å². The lowest BCUT2D eigenvalue weighted by molar-refractivity contribution is -0.161. The van der Waals surface area contributed by atoms with Crippen molar-refractivity contribution in [2.45, 2.75) is 52.6 Å². The fraction of sp³-hybridized carbons (Fsp3) is 0.923. The summed E-state index contributed by atoms with van der Waals surface area (Å²) in [6.07, 6.45) is 2.92. The van der Waals surface area contributed by atoms with Crippen molar-refractivity contribution in [3.05, 3.63) is 0 Å². The Bertz CT molecular complexity index is 250. The number of aliphatic hydroxyl groups is 1. The fourth-order valence-electron chi connectivity index (χ4n) is 2.94. The lowest BCUT2D eigenvalue weighted by Gasteiger charge is -2.44. The van der Waals surface area contributed by atoms with Gasteiger partial charge in [-0.3, -0.25) is 4.79 Å². The van der Waals surface area contributed by atoms with Crippen LogP contribution in [-0.2, 0) is 9.53 Å². The van der Waals surface area contributed by atoms with Gasteiger partial charge in [0.25, 0.3) is 0 Å².